The minimum absolute atomic E-state index is 0.178. The predicted molar refractivity (Wildman–Crippen MR) is 70.3 cm³/mol. The summed E-state index contributed by atoms with van der Waals surface area (Å²) in [7, 11) is 0. The van der Waals surface area contributed by atoms with Crippen LogP contribution < -0.4 is 5.32 Å². The molecular formula is C13H11BrF2N2. The molecule has 2 aromatic rings. The van der Waals surface area contributed by atoms with Gasteiger partial charge < -0.3 is 5.32 Å². The van der Waals surface area contributed by atoms with Crippen LogP contribution in [0.4, 0.5) is 14.5 Å². The number of anilines is 1. The van der Waals surface area contributed by atoms with E-state index in [1.807, 2.05) is 25.1 Å². The van der Waals surface area contributed by atoms with Crippen LogP contribution in [0.25, 0.3) is 0 Å². The summed E-state index contributed by atoms with van der Waals surface area (Å²) in [5.74, 6) is -1.25. The first-order valence-electron chi connectivity index (χ1n) is 5.40. The van der Waals surface area contributed by atoms with Gasteiger partial charge in [0, 0.05) is 16.7 Å². The van der Waals surface area contributed by atoms with E-state index in [4.69, 9.17) is 0 Å². The van der Waals surface area contributed by atoms with E-state index in [9.17, 15) is 8.78 Å². The Morgan fingerprint density at radius 3 is 2.67 bits per heavy atom. The fraction of sp³-hybridized carbons (Fsp3) is 0.154. The molecule has 0 radical (unpaired) electrons. The van der Waals surface area contributed by atoms with Gasteiger partial charge in [-0.2, -0.15) is 0 Å². The molecule has 0 amide bonds. The van der Waals surface area contributed by atoms with E-state index >= 15 is 0 Å². The molecule has 0 saturated heterocycles. The number of hydrogen-bond acceptors (Lipinski definition) is 2. The minimum atomic E-state index is -0.635. The summed E-state index contributed by atoms with van der Waals surface area (Å²) < 4.78 is 26.9. The van der Waals surface area contributed by atoms with Crippen LogP contribution >= 0.6 is 15.9 Å². The van der Waals surface area contributed by atoms with Crippen LogP contribution in [-0.2, 0) is 0 Å². The average molecular weight is 313 g/mol. The van der Waals surface area contributed by atoms with Crippen LogP contribution in [0, 0.1) is 11.6 Å². The Kier molecular flexibility index (Phi) is 3.91. The van der Waals surface area contributed by atoms with E-state index in [0.717, 1.165) is 11.8 Å². The number of nitrogens with one attached hydrogen (secondary N) is 1. The van der Waals surface area contributed by atoms with E-state index in [0.29, 0.717) is 4.47 Å². The van der Waals surface area contributed by atoms with Gasteiger partial charge in [-0.05, 0) is 41.1 Å². The monoisotopic (exact) mass is 312 g/mol. The number of benzene rings is 1. The van der Waals surface area contributed by atoms with Crippen molar-refractivity contribution in [3.63, 3.8) is 0 Å². The van der Waals surface area contributed by atoms with E-state index in [2.05, 4.69) is 26.2 Å². The lowest BCUT2D eigenvalue weighted by atomic mass is 10.2. The fourth-order valence-electron chi connectivity index (χ4n) is 1.60. The largest absolute Gasteiger partial charge is 0.374 e. The van der Waals surface area contributed by atoms with Gasteiger partial charge in [-0.1, -0.05) is 6.07 Å². The molecule has 0 aliphatic carbocycles. The second-order valence-corrected chi connectivity index (χ2v) is 4.72. The van der Waals surface area contributed by atoms with Gasteiger partial charge in [0.1, 0.15) is 11.6 Å². The first-order chi connectivity index (χ1) is 8.58. The fourth-order valence-corrected chi connectivity index (χ4v) is 2.13. The van der Waals surface area contributed by atoms with Crippen molar-refractivity contribution in [1.29, 1.82) is 0 Å². The maximum atomic E-state index is 13.6. The molecular weight excluding hydrogens is 302 g/mol. The van der Waals surface area contributed by atoms with Gasteiger partial charge >= 0.3 is 0 Å². The maximum Gasteiger partial charge on any atom is 0.150 e. The Hall–Kier alpha value is -1.49. The van der Waals surface area contributed by atoms with Crippen molar-refractivity contribution < 1.29 is 8.78 Å². The van der Waals surface area contributed by atoms with Crippen LogP contribution in [-0.4, -0.2) is 4.98 Å². The smallest absolute Gasteiger partial charge is 0.150 e. The first-order valence-corrected chi connectivity index (χ1v) is 6.19. The summed E-state index contributed by atoms with van der Waals surface area (Å²) in [5, 5.41) is 2.97. The predicted octanol–water partition coefficient (Wildman–Crippen LogP) is 4.30. The number of halogens is 3. The third-order valence-electron chi connectivity index (χ3n) is 2.50. The van der Waals surface area contributed by atoms with Gasteiger partial charge in [0.05, 0.1) is 17.4 Å². The Morgan fingerprint density at radius 1 is 1.28 bits per heavy atom. The molecule has 1 aromatic heterocycles. The highest BCUT2D eigenvalue weighted by Crippen LogP contribution is 2.29. The molecule has 0 aliphatic rings. The lowest BCUT2D eigenvalue weighted by molar-refractivity contribution is 0.582. The summed E-state index contributed by atoms with van der Waals surface area (Å²) >= 11 is 3.14. The van der Waals surface area contributed by atoms with Crippen LogP contribution in [0.2, 0.25) is 0 Å². The van der Waals surface area contributed by atoms with Gasteiger partial charge in [-0.15, -0.1) is 0 Å². The lowest BCUT2D eigenvalue weighted by Crippen LogP contribution is -2.10. The van der Waals surface area contributed by atoms with E-state index < -0.39 is 11.6 Å². The van der Waals surface area contributed by atoms with Crippen molar-refractivity contribution in [3.8, 4) is 0 Å². The molecule has 2 rings (SSSR count). The molecule has 94 valence electrons. The maximum absolute atomic E-state index is 13.6. The Morgan fingerprint density at radius 2 is 2.06 bits per heavy atom. The zero-order valence-electron chi connectivity index (χ0n) is 9.62. The lowest BCUT2D eigenvalue weighted by Gasteiger charge is -2.16. The normalized spacial score (nSPS) is 12.2. The zero-order valence-corrected chi connectivity index (χ0v) is 11.2. The molecule has 1 heterocycles. The molecule has 1 N–H and O–H groups in total. The molecule has 5 heteroatoms. The van der Waals surface area contributed by atoms with Gasteiger partial charge in [0.25, 0.3) is 0 Å². The van der Waals surface area contributed by atoms with E-state index in [-0.39, 0.29) is 11.7 Å². The second kappa shape index (κ2) is 5.44. The molecule has 2 nitrogen and oxygen atoms in total. The third kappa shape index (κ3) is 2.85. The molecule has 0 fully saturated rings. The molecule has 0 aliphatic heterocycles. The first kappa shape index (κ1) is 13.0. The van der Waals surface area contributed by atoms with Crippen LogP contribution in [0.3, 0.4) is 0 Å². The highest BCUT2D eigenvalue weighted by atomic mass is 79.9. The summed E-state index contributed by atoms with van der Waals surface area (Å²) in [4.78, 5) is 4.18. The Balaban J connectivity index is 2.25. The molecule has 0 spiro atoms. The minimum Gasteiger partial charge on any atom is -0.374 e. The van der Waals surface area contributed by atoms with Crippen molar-refractivity contribution in [2.45, 2.75) is 13.0 Å². The summed E-state index contributed by atoms with van der Waals surface area (Å²) in [6.07, 6.45) is 1.67. The number of nitrogens with zero attached hydrogens (tertiary/aromatic N) is 1. The number of rotatable bonds is 3. The van der Waals surface area contributed by atoms with Gasteiger partial charge in [-0.25, -0.2) is 8.78 Å². The Bertz CT molecular complexity index is 523. The quantitative estimate of drug-likeness (QED) is 0.914. The topological polar surface area (TPSA) is 24.9 Å². The van der Waals surface area contributed by atoms with Crippen molar-refractivity contribution >= 4 is 21.6 Å². The molecule has 0 bridgehead atoms. The van der Waals surface area contributed by atoms with Crippen molar-refractivity contribution in [2.75, 3.05) is 5.32 Å². The van der Waals surface area contributed by atoms with Crippen LogP contribution in [0.15, 0.2) is 41.0 Å². The van der Waals surface area contributed by atoms with E-state index in [1.54, 1.807) is 6.20 Å². The number of pyridine rings is 1. The highest BCUT2D eigenvalue weighted by molar-refractivity contribution is 9.10. The average Bonchev–Trinajstić information content (AvgIpc) is 2.34. The van der Waals surface area contributed by atoms with Gasteiger partial charge in [0.2, 0.25) is 0 Å². The zero-order chi connectivity index (χ0) is 13.1. The van der Waals surface area contributed by atoms with Crippen LogP contribution in [0.5, 0.6) is 0 Å². The van der Waals surface area contributed by atoms with Crippen molar-refractivity contribution in [3.05, 3.63) is 58.3 Å². The van der Waals surface area contributed by atoms with Crippen LogP contribution in [0.1, 0.15) is 18.7 Å². The van der Waals surface area contributed by atoms with Crippen molar-refractivity contribution in [1.82, 2.24) is 4.98 Å². The van der Waals surface area contributed by atoms with Gasteiger partial charge in [0.15, 0.2) is 0 Å². The highest BCUT2D eigenvalue weighted by Gasteiger charge is 2.13. The summed E-state index contributed by atoms with van der Waals surface area (Å²) in [6.45, 7) is 1.86. The molecule has 18 heavy (non-hydrogen) atoms. The molecule has 1 atom stereocenters. The number of aromatic nitrogens is 1. The molecule has 1 unspecified atom stereocenters. The van der Waals surface area contributed by atoms with E-state index in [1.165, 1.54) is 6.07 Å². The number of hydrogen-bond donors (Lipinski definition) is 1. The Labute approximate surface area is 112 Å². The molecule has 0 saturated carbocycles. The van der Waals surface area contributed by atoms with Crippen molar-refractivity contribution in [2.24, 2.45) is 0 Å². The summed E-state index contributed by atoms with van der Waals surface area (Å²) in [6, 6.07) is 7.39. The molecule has 1 aromatic carbocycles. The standard InChI is InChI=1S/C13H11BrF2N2/c1-8(12-4-2-3-5-17-12)18-13-10(14)6-9(15)7-11(13)16/h2-8,18H,1H3. The second-order valence-electron chi connectivity index (χ2n) is 3.87. The van der Waals surface area contributed by atoms with Gasteiger partial charge in [-0.3, -0.25) is 4.98 Å². The third-order valence-corrected chi connectivity index (χ3v) is 3.12. The SMILES string of the molecule is CC(Nc1c(F)cc(F)cc1Br)c1ccccn1. The summed E-state index contributed by atoms with van der Waals surface area (Å²) in [5.41, 5.74) is 1.02.